The van der Waals surface area contributed by atoms with Gasteiger partial charge in [-0.2, -0.15) is 5.10 Å². The Labute approximate surface area is 195 Å². The molecular weight excluding hydrogens is 446 g/mol. The summed E-state index contributed by atoms with van der Waals surface area (Å²) in [4.78, 5) is 35.4. The van der Waals surface area contributed by atoms with Crippen molar-refractivity contribution in [2.45, 2.75) is 26.8 Å². The van der Waals surface area contributed by atoms with Crippen molar-refractivity contribution in [2.75, 3.05) is 10.6 Å². The molecule has 10 heteroatoms. The van der Waals surface area contributed by atoms with Gasteiger partial charge in [0.15, 0.2) is 0 Å². The van der Waals surface area contributed by atoms with Crippen LogP contribution >= 0.6 is 11.6 Å². The minimum atomic E-state index is -0.540. The first-order valence-electron chi connectivity index (χ1n) is 10.0. The molecular formula is C23H22ClN5O4. The molecule has 1 heterocycles. The van der Waals surface area contributed by atoms with Crippen LogP contribution in [0.25, 0.3) is 6.08 Å². The number of rotatable bonds is 7. The molecule has 1 atom stereocenters. The minimum Gasteiger partial charge on any atom is -0.323 e. The topological polar surface area (TPSA) is 119 Å². The molecule has 1 aromatic heterocycles. The molecule has 33 heavy (non-hydrogen) atoms. The Bertz CT molecular complexity index is 1250. The number of anilines is 2. The van der Waals surface area contributed by atoms with Gasteiger partial charge in [0.2, 0.25) is 11.8 Å². The third kappa shape index (κ3) is 5.83. The zero-order chi connectivity index (χ0) is 24.1. The molecule has 2 N–H and O–H groups in total. The highest BCUT2D eigenvalue weighted by molar-refractivity contribution is 6.34. The van der Waals surface area contributed by atoms with Crippen molar-refractivity contribution < 1.29 is 14.5 Å². The van der Waals surface area contributed by atoms with Crippen molar-refractivity contribution in [1.29, 1.82) is 0 Å². The van der Waals surface area contributed by atoms with Crippen LogP contribution in [0.2, 0.25) is 5.02 Å². The van der Waals surface area contributed by atoms with Crippen molar-refractivity contribution in [3.63, 3.8) is 0 Å². The van der Waals surface area contributed by atoms with Gasteiger partial charge in [0.1, 0.15) is 6.04 Å². The van der Waals surface area contributed by atoms with Crippen LogP contribution in [0.5, 0.6) is 0 Å². The van der Waals surface area contributed by atoms with Gasteiger partial charge in [0.05, 0.1) is 26.9 Å². The fraction of sp³-hybridized carbons (Fsp3) is 0.174. The monoisotopic (exact) mass is 467 g/mol. The lowest BCUT2D eigenvalue weighted by atomic mass is 10.1. The van der Waals surface area contributed by atoms with Gasteiger partial charge < -0.3 is 10.6 Å². The Hall–Kier alpha value is -3.98. The second-order valence-corrected chi connectivity index (χ2v) is 7.78. The summed E-state index contributed by atoms with van der Waals surface area (Å²) in [5.74, 6) is -0.772. The van der Waals surface area contributed by atoms with Crippen LogP contribution in [0.15, 0.2) is 54.6 Å². The molecule has 9 nitrogen and oxygen atoms in total. The number of nitro benzene ring substituents is 1. The quantitative estimate of drug-likeness (QED) is 0.290. The number of carbonyl (C=O) groups excluding carboxylic acids is 2. The maximum Gasteiger partial charge on any atom is 0.276 e. The van der Waals surface area contributed by atoms with E-state index >= 15 is 0 Å². The normalized spacial score (nSPS) is 11.9. The number of carbonyl (C=O) groups is 2. The molecule has 0 radical (unpaired) electrons. The van der Waals surface area contributed by atoms with Crippen molar-refractivity contribution in [1.82, 2.24) is 9.78 Å². The summed E-state index contributed by atoms with van der Waals surface area (Å²) < 4.78 is 1.64. The third-order valence-corrected chi connectivity index (χ3v) is 5.15. The van der Waals surface area contributed by atoms with E-state index in [0.717, 1.165) is 11.4 Å². The minimum absolute atomic E-state index is 0.0978. The van der Waals surface area contributed by atoms with E-state index in [1.165, 1.54) is 24.3 Å². The number of aryl methyl sites for hydroxylation is 2. The van der Waals surface area contributed by atoms with E-state index in [1.807, 2.05) is 19.9 Å². The molecule has 0 fully saturated rings. The van der Waals surface area contributed by atoms with Crippen molar-refractivity contribution in [2.24, 2.45) is 0 Å². The number of hydrogen-bond acceptors (Lipinski definition) is 5. The number of nitrogens with one attached hydrogen (secondary N) is 2. The second kappa shape index (κ2) is 10.1. The summed E-state index contributed by atoms with van der Waals surface area (Å²) in [5.41, 5.74) is 2.70. The number of aromatic nitrogens is 2. The Morgan fingerprint density at radius 3 is 2.52 bits per heavy atom. The van der Waals surface area contributed by atoms with Gasteiger partial charge in [-0.25, -0.2) is 0 Å². The molecule has 2 aromatic carbocycles. The van der Waals surface area contributed by atoms with Gasteiger partial charge in [-0.3, -0.25) is 24.4 Å². The number of nitrogens with zero attached hydrogens (tertiary/aromatic N) is 3. The highest BCUT2D eigenvalue weighted by Crippen LogP contribution is 2.27. The predicted molar refractivity (Wildman–Crippen MR) is 127 cm³/mol. The lowest BCUT2D eigenvalue weighted by Crippen LogP contribution is -2.25. The van der Waals surface area contributed by atoms with Gasteiger partial charge in [-0.05, 0) is 57.2 Å². The average molecular weight is 468 g/mol. The summed E-state index contributed by atoms with van der Waals surface area (Å²) in [6.45, 7) is 5.47. The zero-order valence-electron chi connectivity index (χ0n) is 18.2. The van der Waals surface area contributed by atoms with E-state index in [2.05, 4.69) is 15.7 Å². The Morgan fingerprint density at radius 2 is 1.88 bits per heavy atom. The first-order chi connectivity index (χ1) is 15.7. The second-order valence-electron chi connectivity index (χ2n) is 7.37. The van der Waals surface area contributed by atoms with Crippen LogP contribution in [-0.2, 0) is 9.59 Å². The van der Waals surface area contributed by atoms with Crippen LogP contribution in [0, 0.1) is 24.0 Å². The van der Waals surface area contributed by atoms with Crippen LogP contribution in [0.3, 0.4) is 0 Å². The Balaban J connectivity index is 1.66. The smallest absolute Gasteiger partial charge is 0.276 e. The molecule has 2 amide bonds. The number of benzene rings is 2. The Morgan fingerprint density at radius 1 is 1.15 bits per heavy atom. The summed E-state index contributed by atoms with van der Waals surface area (Å²) in [5, 5.41) is 21.0. The molecule has 0 unspecified atom stereocenters. The molecule has 3 aromatic rings. The van der Waals surface area contributed by atoms with Gasteiger partial charge in [0.25, 0.3) is 5.69 Å². The van der Waals surface area contributed by atoms with E-state index in [0.29, 0.717) is 16.9 Å². The van der Waals surface area contributed by atoms with Crippen LogP contribution in [0.1, 0.15) is 29.9 Å². The fourth-order valence-electron chi connectivity index (χ4n) is 3.22. The lowest BCUT2D eigenvalue weighted by molar-refractivity contribution is -0.385. The van der Waals surface area contributed by atoms with E-state index in [4.69, 9.17) is 11.6 Å². The highest BCUT2D eigenvalue weighted by Gasteiger charge is 2.19. The number of hydrogen-bond donors (Lipinski definition) is 2. The molecule has 0 saturated heterocycles. The summed E-state index contributed by atoms with van der Waals surface area (Å²) >= 11 is 6.29. The van der Waals surface area contributed by atoms with E-state index in [1.54, 1.807) is 41.9 Å². The molecule has 0 aliphatic carbocycles. The largest absolute Gasteiger partial charge is 0.323 e. The van der Waals surface area contributed by atoms with Crippen LogP contribution in [0.4, 0.5) is 17.1 Å². The van der Waals surface area contributed by atoms with Gasteiger partial charge in [-0.15, -0.1) is 0 Å². The number of amides is 2. The maximum atomic E-state index is 12.6. The van der Waals surface area contributed by atoms with Gasteiger partial charge in [0, 0.05) is 23.5 Å². The van der Waals surface area contributed by atoms with Crippen molar-refractivity contribution in [3.05, 3.63) is 86.7 Å². The molecule has 3 rings (SSSR count). The first-order valence-corrected chi connectivity index (χ1v) is 10.4. The standard InChI is InChI=1S/C23H22ClN5O4/c1-14-12-15(2)28(27-14)16(3)23(31)26-20-10-9-18(13-19(20)24)25-22(30)11-8-17-6-4-5-7-21(17)29(32)33/h4-13,16H,1-3H3,(H,25,30)(H,26,31)/b11-8+/t16-/m0/s1. The lowest BCUT2D eigenvalue weighted by Gasteiger charge is -2.15. The molecule has 0 bridgehead atoms. The average Bonchev–Trinajstić information content (AvgIpc) is 3.11. The summed E-state index contributed by atoms with van der Waals surface area (Å²) in [7, 11) is 0. The van der Waals surface area contributed by atoms with Crippen molar-refractivity contribution >= 4 is 46.6 Å². The summed E-state index contributed by atoms with van der Waals surface area (Å²) in [6, 6.07) is 12.1. The zero-order valence-corrected chi connectivity index (χ0v) is 19.0. The van der Waals surface area contributed by atoms with Crippen LogP contribution in [-0.4, -0.2) is 26.5 Å². The molecule has 0 saturated carbocycles. The SMILES string of the molecule is Cc1cc(C)n([C@@H](C)C(=O)Nc2ccc(NC(=O)/C=C/c3ccccc3[N+](=O)[O-])cc2Cl)n1. The maximum absolute atomic E-state index is 12.6. The predicted octanol–water partition coefficient (Wildman–Crippen LogP) is 4.91. The van der Waals surface area contributed by atoms with Crippen molar-refractivity contribution in [3.8, 4) is 0 Å². The van der Waals surface area contributed by atoms with Gasteiger partial charge >= 0.3 is 0 Å². The molecule has 0 aliphatic rings. The van der Waals surface area contributed by atoms with E-state index in [-0.39, 0.29) is 16.6 Å². The van der Waals surface area contributed by atoms with Crippen LogP contribution < -0.4 is 10.6 Å². The van der Waals surface area contributed by atoms with E-state index < -0.39 is 16.9 Å². The number of para-hydroxylation sites is 1. The number of nitro groups is 1. The fourth-order valence-corrected chi connectivity index (χ4v) is 3.45. The molecule has 0 aliphatic heterocycles. The van der Waals surface area contributed by atoms with Gasteiger partial charge in [-0.1, -0.05) is 23.7 Å². The number of halogens is 1. The Kier molecular flexibility index (Phi) is 7.24. The molecule has 0 spiro atoms. The molecule has 170 valence electrons. The summed E-state index contributed by atoms with van der Waals surface area (Å²) in [6.07, 6.45) is 2.56. The third-order valence-electron chi connectivity index (χ3n) is 4.83. The van der Waals surface area contributed by atoms with E-state index in [9.17, 15) is 19.7 Å². The highest BCUT2D eigenvalue weighted by atomic mass is 35.5. The first kappa shape index (κ1) is 23.7.